The van der Waals surface area contributed by atoms with E-state index >= 15 is 0 Å². The second-order valence-corrected chi connectivity index (χ2v) is 7.06. The smallest absolute Gasteiger partial charge is 0.244 e. The van der Waals surface area contributed by atoms with Gasteiger partial charge in [-0.05, 0) is 37.0 Å². The number of ether oxygens (including phenoxy) is 1. The van der Waals surface area contributed by atoms with Crippen molar-refractivity contribution in [2.24, 2.45) is 11.7 Å². The molecule has 1 aliphatic carbocycles. The van der Waals surface area contributed by atoms with E-state index in [4.69, 9.17) is 22.1 Å². The van der Waals surface area contributed by atoms with Crippen LogP contribution in [-0.4, -0.2) is 28.1 Å². The second kappa shape index (κ2) is 6.76. The lowest BCUT2D eigenvalue weighted by atomic mass is 9.86. The third kappa shape index (κ3) is 3.85. The largest absolute Gasteiger partial charge is 0.492 e. The van der Waals surface area contributed by atoms with Gasteiger partial charge in [0.2, 0.25) is 10.0 Å². The first-order valence-electron chi connectivity index (χ1n) is 6.65. The summed E-state index contributed by atoms with van der Waals surface area (Å²) >= 11 is 5.89. The zero-order valence-electron chi connectivity index (χ0n) is 11.1. The molecule has 1 aliphatic rings. The normalized spacial score (nSPS) is 15.9. The number of hydrogen-bond donors (Lipinski definition) is 2. The van der Waals surface area contributed by atoms with Crippen molar-refractivity contribution in [1.29, 1.82) is 0 Å². The Hall–Kier alpha value is -0.820. The topological polar surface area (TPSA) is 81.4 Å². The van der Waals surface area contributed by atoms with Crippen LogP contribution >= 0.6 is 11.6 Å². The summed E-state index contributed by atoms with van der Waals surface area (Å²) in [7, 11) is -3.65. The summed E-state index contributed by atoms with van der Waals surface area (Å²) in [6, 6.07) is 4.62. The first kappa shape index (κ1) is 15.6. The third-order valence-corrected chi connectivity index (χ3v) is 5.05. The first-order valence-corrected chi connectivity index (χ1v) is 8.51. The van der Waals surface area contributed by atoms with Gasteiger partial charge in [-0.25, -0.2) is 13.1 Å². The van der Waals surface area contributed by atoms with Crippen molar-refractivity contribution in [3.63, 3.8) is 0 Å². The van der Waals surface area contributed by atoms with Crippen LogP contribution in [0.15, 0.2) is 23.1 Å². The summed E-state index contributed by atoms with van der Waals surface area (Å²) in [5.74, 6) is 0.865. The number of hydrogen-bond acceptors (Lipinski definition) is 4. The van der Waals surface area contributed by atoms with E-state index in [1.165, 1.54) is 12.5 Å². The van der Waals surface area contributed by atoms with Gasteiger partial charge in [0.05, 0.1) is 6.61 Å². The monoisotopic (exact) mass is 318 g/mol. The van der Waals surface area contributed by atoms with E-state index in [2.05, 4.69) is 4.72 Å². The maximum absolute atomic E-state index is 12.2. The maximum atomic E-state index is 12.2. The van der Waals surface area contributed by atoms with Crippen LogP contribution in [-0.2, 0) is 10.0 Å². The average molecular weight is 319 g/mol. The molecule has 20 heavy (non-hydrogen) atoms. The lowest BCUT2D eigenvalue weighted by Crippen LogP contribution is -2.29. The zero-order valence-corrected chi connectivity index (χ0v) is 12.7. The quantitative estimate of drug-likeness (QED) is 0.802. The van der Waals surface area contributed by atoms with E-state index in [0.717, 1.165) is 12.8 Å². The van der Waals surface area contributed by atoms with Crippen LogP contribution in [0.5, 0.6) is 5.75 Å². The van der Waals surface area contributed by atoms with Gasteiger partial charge >= 0.3 is 0 Å². The minimum Gasteiger partial charge on any atom is -0.492 e. The minimum atomic E-state index is -3.65. The molecule has 1 fully saturated rings. The molecule has 1 aromatic carbocycles. The van der Waals surface area contributed by atoms with Gasteiger partial charge in [0.1, 0.15) is 10.6 Å². The number of rotatable bonds is 7. The molecule has 7 heteroatoms. The number of nitrogens with one attached hydrogen (secondary N) is 1. The Labute approximate surface area is 124 Å². The Kier molecular flexibility index (Phi) is 5.26. The zero-order chi connectivity index (χ0) is 14.6. The Balaban J connectivity index is 2.18. The Morgan fingerprint density at radius 3 is 2.75 bits per heavy atom. The van der Waals surface area contributed by atoms with E-state index in [1.807, 2.05) is 0 Å². The van der Waals surface area contributed by atoms with Crippen molar-refractivity contribution in [3.05, 3.63) is 23.2 Å². The lowest BCUT2D eigenvalue weighted by molar-refractivity contribution is 0.177. The highest BCUT2D eigenvalue weighted by Crippen LogP contribution is 2.31. The highest BCUT2D eigenvalue weighted by atomic mass is 35.5. The SMILES string of the molecule is NCCNS(=O)(=O)c1cc(Cl)ccc1OCC1CCC1. The predicted octanol–water partition coefficient (Wildman–Crippen LogP) is 1.76. The number of nitrogens with two attached hydrogens (primary N) is 1. The standard InChI is InChI=1S/C13H19ClN2O3S/c14-11-4-5-12(19-9-10-2-1-3-10)13(8-11)20(17,18)16-7-6-15/h4-5,8,10,16H,1-3,6-7,9,15H2. The van der Waals surface area contributed by atoms with E-state index in [9.17, 15) is 8.42 Å². The van der Waals surface area contributed by atoms with Gasteiger partial charge in [-0.1, -0.05) is 18.0 Å². The van der Waals surface area contributed by atoms with E-state index < -0.39 is 10.0 Å². The minimum absolute atomic E-state index is 0.0674. The molecule has 1 saturated carbocycles. The number of halogens is 1. The molecule has 0 atom stereocenters. The number of benzene rings is 1. The summed E-state index contributed by atoms with van der Waals surface area (Å²) in [5.41, 5.74) is 5.32. The van der Waals surface area contributed by atoms with E-state index in [-0.39, 0.29) is 18.0 Å². The van der Waals surface area contributed by atoms with Crippen LogP contribution in [0.1, 0.15) is 19.3 Å². The molecule has 0 amide bonds. The Morgan fingerprint density at radius 2 is 2.15 bits per heavy atom. The molecule has 0 saturated heterocycles. The van der Waals surface area contributed by atoms with Crippen molar-refractivity contribution in [2.45, 2.75) is 24.2 Å². The van der Waals surface area contributed by atoms with Gasteiger partial charge in [0.25, 0.3) is 0 Å². The van der Waals surface area contributed by atoms with Gasteiger partial charge < -0.3 is 10.5 Å². The molecule has 0 aliphatic heterocycles. The lowest BCUT2D eigenvalue weighted by Gasteiger charge is -2.25. The van der Waals surface area contributed by atoms with Crippen molar-refractivity contribution >= 4 is 21.6 Å². The third-order valence-electron chi connectivity index (χ3n) is 3.33. The molecule has 112 valence electrons. The fourth-order valence-corrected chi connectivity index (χ4v) is 3.40. The van der Waals surface area contributed by atoms with Gasteiger partial charge in [-0.3, -0.25) is 0 Å². The summed E-state index contributed by atoms with van der Waals surface area (Å²) in [5, 5.41) is 0.356. The molecule has 0 heterocycles. The first-order chi connectivity index (χ1) is 9.53. The molecule has 5 nitrogen and oxygen atoms in total. The summed E-state index contributed by atoms with van der Waals surface area (Å²) in [6.45, 7) is 0.954. The van der Waals surface area contributed by atoms with Crippen molar-refractivity contribution in [3.8, 4) is 5.75 Å². The van der Waals surface area contributed by atoms with E-state index in [1.54, 1.807) is 12.1 Å². The summed E-state index contributed by atoms with van der Waals surface area (Å²) in [4.78, 5) is 0.0674. The van der Waals surface area contributed by atoms with E-state index in [0.29, 0.717) is 23.3 Å². The van der Waals surface area contributed by atoms with Gasteiger partial charge in [0.15, 0.2) is 0 Å². The van der Waals surface area contributed by atoms with Crippen LogP contribution < -0.4 is 15.2 Å². The molecular weight excluding hydrogens is 300 g/mol. The highest BCUT2D eigenvalue weighted by Gasteiger charge is 2.22. The van der Waals surface area contributed by atoms with Crippen molar-refractivity contribution in [2.75, 3.05) is 19.7 Å². The van der Waals surface area contributed by atoms with Crippen LogP contribution in [0, 0.1) is 5.92 Å². The summed E-state index contributed by atoms with van der Waals surface area (Å²) in [6.07, 6.45) is 3.50. The molecular formula is C13H19ClN2O3S. The van der Waals surface area contributed by atoms with Crippen LogP contribution in [0.25, 0.3) is 0 Å². The van der Waals surface area contributed by atoms with Gasteiger partial charge in [0, 0.05) is 18.1 Å². The molecule has 0 bridgehead atoms. The fraction of sp³-hybridized carbons (Fsp3) is 0.538. The second-order valence-electron chi connectivity index (χ2n) is 4.89. The molecule has 0 radical (unpaired) electrons. The predicted molar refractivity (Wildman–Crippen MR) is 78.5 cm³/mol. The molecule has 1 aromatic rings. The molecule has 0 aromatic heterocycles. The van der Waals surface area contributed by atoms with Crippen LogP contribution in [0.4, 0.5) is 0 Å². The fourth-order valence-electron chi connectivity index (χ4n) is 1.95. The Bertz CT molecular complexity index is 559. The van der Waals surface area contributed by atoms with Gasteiger partial charge in [-0.15, -0.1) is 0 Å². The maximum Gasteiger partial charge on any atom is 0.244 e. The molecule has 0 unspecified atom stereocenters. The Morgan fingerprint density at radius 1 is 1.40 bits per heavy atom. The molecule has 2 rings (SSSR count). The highest BCUT2D eigenvalue weighted by molar-refractivity contribution is 7.89. The molecule has 3 N–H and O–H groups in total. The van der Waals surface area contributed by atoms with Crippen LogP contribution in [0.3, 0.4) is 0 Å². The molecule has 0 spiro atoms. The van der Waals surface area contributed by atoms with Crippen molar-refractivity contribution < 1.29 is 13.2 Å². The van der Waals surface area contributed by atoms with Crippen molar-refractivity contribution in [1.82, 2.24) is 4.72 Å². The summed E-state index contributed by atoms with van der Waals surface area (Å²) < 4.78 is 32.4. The van der Waals surface area contributed by atoms with Gasteiger partial charge in [-0.2, -0.15) is 0 Å². The van der Waals surface area contributed by atoms with Crippen LogP contribution in [0.2, 0.25) is 5.02 Å². The average Bonchev–Trinajstić information content (AvgIpc) is 2.36. The number of sulfonamides is 1.